The number of methoxy groups -OCH3 is 1. The topological polar surface area (TPSA) is 95.1 Å². The Hall–Kier alpha value is -2.22. The van der Waals surface area contributed by atoms with Gasteiger partial charge in [-0.25, -0.2) is 0 Å². The van der Waals surface area contributed by atoms with E-state index in [9.17, 15) is 4.79 Å². The summed E-state index contributed by atoms with van der Waals surface area (Å²) in [7, 11) is 1.59. The zero-order chi connectivity index (χ0) is 17.4. The third-order valence-electron chi connectivity index (χ3n) is 5.04. The number of nitrogens with zero attached hydrogens (tertiary/aromatic N) is 4. The predicted molar refractivity (Wildman–Crippen MR) is 88.1 cm³/mol. The van der Waals surface area contributed by atoms with Crippen molar-refractivity contribution in [2.45, 2.75) is 64.1 Å². The summed E-state index contributed by atoms with van der Waals surface area (Å²) in [6, 6.07) is 0.0913. The molecule has 1 aliphatic heterocycles. The number of hydrogen-bond acceptors (Lipinski definition) is 6. The molecular formula is C17H23N5O3. The van der Waals surface area contributed by atoms with E-state index in [1.165, 1.54) is 12.8 Å². The van der Waals surface area contributed by atoms with Crippen LogP contribution in [0.2, 0.25) is 0 Å². The van der Waals surface area contributed by atoms with E-state index in [1.54, 1.807) is 14.0 Å². The molecule has 1 aliphatic carbocycles. The van der Waals surface area contributed by atoms with Crippen LogP contribution < -0.4 is 5.32 Å². The lowest BCUT2D eigenvalue weighted by Crippen LogP contribution is -2.36. The SMILES string of the molecule is COCc1c(C(=O)NC2CCc3nnc(C4CC4)n3CC2)noc1C. The standard InChI is InChI=1S/C17H23N5O3/c1-10-13(9-24-2)15(21-25-10)17(23)18-12-5-6-14-19-20-16(11-3-4-11)22(14)8-7-12/h11-12H,3-9H2,1-2H3,(H,18,23). The maximum atomic E-state index is 12.6. The summed E-state index contributed by atoms with van der Waals surface area (Å²) < 4.78 is 12.6. The van der Waals surface area contributed by atoms with Gasteiger partial charge in [-0.2, -0.15) is 0 Å². The van der Waals surface area contributed by atoms with Crippen LogP contribution in [-0.4, -0.2) is 39.0 Å². The monoisotopic (exact) mass is 345 g/mol. The molecule has 1 N–H and O–H groups in total. The highest BCUT2D eigenvalue weighted by molar-refractivity contribution is 5.93. The molecular weight excluding hydrogens is 322 g/mol. The first kappa shape index (κ1) is 16.3. The summed E-state index contributed by atoms with van der Waals surface area (Å²) in [6.07, 6.45) is 4.98. The average Bonchev–Trinajstić information content (AvgIpc) is 3.32. The summed E-state index contributed by atoms with van der Waals surface area (Å²) in [5.41, 5.74) is 1.03. The molecule has 1 amide bonds. The fourth-order valence-corrected chi connectivity index (χ4v) is 3.44. The fourth-order valence-electron chi connectivity index (χ4n) is 3.44. The van der Waals surface area contributed by atoms with Gasteiger partial charge in [0.15, 0.2) is 5.69 Å². The smallest absolute Gasteiger partial charge is 0.274 e. The lowest BCUT2D eigenvalue weighted by molar-refractivity contribution is 0.0919. The number of fused-ring (bicyclic) bond motifs is 1. The molecule has 1 atom stereocenters. The van der Waals surface area contributed by atoms with Crippen LogP contribution in [0.3, 0.4) is 0 Å². The largest absolute Gasteiger partial charge is 0.380 e. The third-order valence-corrected chi connectivity index (χ3v) is 5.04. The quantitative estimate of drug-likeness (QED) is 0.887. The summed E-state index contributed by atoms with van der Waals surface area (Å²) in [6.45, 7) is 2.95. The van der Waals surface area contributed by atoms with Crippen LogP contribution in [0.5, 0.6) is 0 Å². The molecule has 0 spiro atoms. The summed E-state index contributed by atoms with van der Waals surface area (Å²) >= 11 is 0. The number of carbonyl (C=O) groups excluding carboxylic acids is 1. The second-order valence-electron chi connectivity index (χ2n) is 6.90. The highest BCUT2D eigenvalue weighted by Gasteiger charge is 2.32. The number of carbonyl (C=O) groups is 1. The van der Waals surface area contributed by atoms with Crippen molar-refractivity contribution in [2.75, 3.05) is 7.11 Å². The van der Waals surface area contributed by atoms with Crippen molar-refractivity contribution in [3.05, 3.63) is 28.7 Å². The van der Waals surface area contributed by atoms with Crippen LogP contribution in [0.25, 0.3) is 0 Å². The molecule has 4 rings (SSSR count). The predicted octanol–water partition coefficient (Wildman–Crippen LogP) is 1.73. The fraction of sp³-hybridized carbons (Fsp3) is 0.647. The second-order valence-corrected chi connectivity index (χ2v) is 6.90. The van der Waals surface area contributed by atoms with Gasteiger partial charge in [-0.15, -0.1) is 10.2 Å². The normalized spacial score (nSPS) is 20.2. The molecule has 2 aromatic rings. The van der Waals surface area contributed by atoms with Crippen molar-refractivity contribution in [1.82, 2.24) is 25.2 Å². The van der Waals surface area contributed by atoms with Gasteiger partial charge >= 0.3 is 0 Å². The Balaban J connectivity index is 1.43. The van der Waals surface area contributed by atoms with Gasteiger partial charge in [0.25, 0.3) is 5.91 Å². The maximum Gasteiger partial charge on any atom is 0.274 e. The van der Waals surface area contributed by atoms with Crippen LogP contribution in [-0.2, 0) is 24.3 Å². The number of rotatable bonds is 5. The van der Waals surface area contributed by atoms with Crippen LogP contribution in [0, 0.1) is 6.92 Å². The van der Waals surface area contributed by atoms with Crippen molar-refractivity contribution in [3.8, 4) is 0 Å². The van der Waals surface area contributed by atoms with E-state index in [0.29, 0.717) is 29.5 Å². The zero-order valence-electron chi connectivity index (χ0n) is 14.6. The van der Waals surface area contributed by atoms with Crippen LogP contribution in [0.4, 0.5) is 0 Å². The van der Waals surface area contributed by atoms with Crippen molar-refractivity contribution < 1.29 is 14.1 Å². The van der Waals surface area contributed by atoms with E-state index in [1.807, 2.05) is 0 Å². The molecule has 1 saturated carbocycles. The lowest BCUT2D eigenvalue weighted by atomic mass is 10.1. The van der Waals surface area contributed by atoms with Gasteiger partial charge in [-0.3, -0.25) is 4.79 Å². The molecule has 3 heterocycles. The Morgan fingerprint density at radius 3 is 2.92 bits per heavy atom. The third kappa shape index (κ3) is 3.18. The number of nitrogens with one attached hydrogen (secondary N) is 1. The Kier molecular flexibility index (Phi) is 4.29. The number of hydrogen-bond donors (Lipinski definition) is 1. The van der Waals surface area contributed by atoms with E-state index < -0.39 is 0 Å². The lowest BCUT2D eigenvalue weighted by Gasteiger charge is -2.15. The second kappa shape index (κ2) is 6.59. The molecule has 0 bridgehead atoms. The minimum absolute atomic E-state index is 0.0913. The van der Waals surface area contributed by atoms with Crippen molar-refractivity contribution in [2.24, 2.45) is 0 Å². The van der Waals surface area contributed by atoms with E-state index in [4.69, 9.17) is 9.26 Å². The maximum absolute atomic E-state index is 12.6. The molecule has 0 aromatic carbocycles. The first-order chi connectivity index (χ1) is 12.2. The molecule has 0 saturated heterocycles. The minimum Gasteiger partial charge on any atom is -0.380 e. The molecule has 25 heavy (non-hydrogen) atoms. The molecule has 134 valence electrons. The molecule has 0 radical (unpaired) electrons. The zero-order valence-corrected chi connectivity index (χ0v) is 14.6. The highest BCUT2D eigenvalue weighted by atomic mass is 16.5. The van der Waals surface area contributed by atoms with Gasteiger partial charge in [-0.05, 0) is 32.6 Å². The Morgan fingerprint density at radius 1 is 1.32 bits per heavy atom. The minimum atomic E-state index is -0.200. The van der Waals surface area contributed by atoms with Crippen LogP contribution >= 0.6 is 0 Å². The summed E-state index contributed by atoms with van der Waals surface area (Å²) in [4.78, 5) is 12.6. The van der Waals surface area contributed by atoms with Gasteiger partial charge < -0.3 is 19.1 Å². The molecule has 8 nitrogen and oxygen atoms in total. The molecule has 8 heteroatoms. The molecule has 1 fully saturated rings. The first-order valence-electron chi connectivity index (χ1n) is 8.84. The number of aromatic nitrogens is 4. The Labute approximate surface area is 145 Å². The number of aryl methyl sites for hydroxylation is 2. The highest BCUT2D eigenvalue weighted by Crippen LogP contribution is 2.39. The number of amides is 1. The molecule has 1 unspecified atom stereocenters. The van der Waals surface area contributed by atoms with Crippen molar-refractivity contribution in [1.29, 1.82) is 0 Å². The van der Waals surface area contributed by atoms with Gasteiger partial charge in [0.1, 0.15) is 17.4 Å². The van der Waals surface area contributed by atoms with E-state index >= 15 is 0 Å². The van der Waals surface area contributed by atoms with Gasteiger partial charge in [0.2, 0.25) is 0 Å². The van der Waals surface area contributed by atoms with Crippen LogP contribution in [0.1, 0.15) is 65.1 Å². The van der Waals surface area contributed by atoms with E-state index in [-0.39, 0.29) is 11.9 Å². The van der Waals surface area contributed by atoms with Gasteiger partial charge in [-0.1, -0.05) is 5.16 Å². The average molecular weight is 345 g/mol. The van der Waals surface area contributed by atoms with E-state index in [0.717, 1.165) is 37.5 Å². The van der Waals surface area contributed by atoms with Gasteiger partial charge in [0, 0.05) is 32.0 Å². The molecule has 2 aromatic heterocycles. The summed E-state index contributed by atoms with van der Waals surface area (Å²) in [5, 5.41) is 15.7. The van der Waals surface area contributed by atoms with Crippen molar-refractivity contribution in [3.63, 3.8) is 0 Å². The summed E-state index contributed by atoms with van der Waals surface area (Å²) in [5.74, 6) is 3.16. The van der Waals surface area contributed by atoms with E-state index in [2.05, 4.69) is 25.2 Å². The van der Waals surface area contributed by atoms with Crippen LogP contribution in [0.15, 0.2) is 4.52 Å². The van der Waals surface area contributed by atoms with Gasteiger partial charge in [0.05, 0.1) is 12.2 Å². The number of ether oxygens (including phenoxy) is 1. The Bertz CT molecular complexity index is 777. The first-order valence-corrected chi connectivity index (χ1v) is 8.84. The Morgan fingerprint density at radius 2 is 2.16 bits per heavy atom. The van der Waals surface area contributed by atoms with Crippen molar-refractivity contribution >= 4 is 5.91 Å². The molecule has 2 aliphatic rings.